The fraction of sp³-hybridized carbons (Fsp3) is 0.308. The predicted molar refractivity (Wildman–Crippen MR) is 136 cm³/mol. The van der Waals surface area contributed by atoms with E-state index in [1.165, 1.54) is 7.05 Å². The Hall–Kier alpha value is -4.54. The highest BCUT2D eigenvalue weighted by Crippen LogP contribution is 2.41. The van der Waals surface area contributed by atoms with Crippen LogP contribution in [-0.2, 0) is 24.7 Å². The molecule has 2 heterocycles. The molecule has 4 rings (SSSR count). The maximum absolute atomic E-state index is 12.4. The number of carbonyl (C=O) groups excluding carboxylic acids is 2. The van der Waals surface area contributed by atoms with Crippen molar-refractivity contribution < 1.29 is 28.5 Å². The number of rotatable bonds is 9. The van der Waals surface area contributed by atoms with Crippen molar-refractivity contribution >= 4 is 23.7 Å². The first kappa shape index (κ1) is 25.5. The Morgan fingerprint density at radius 3 is 2.14 bits per heavy atom. The molecule has 1 N–H and O–H groups in total. The molecule has 11 heteroatoms. The van der Waals surface area contributed by atoms with Crippen LogP contribution in [0.5, 0.6) is 23.0 Å². The minimum absolute atomic E-state index is 0.0770. The van der Waals surface area contributed by atoms with Gasteiger partial charge in [0.1, 0.15) is 5.75 Å². The lowest BCUT2D eigenvalue weighted by Crippen LogP contribution is -2.25. The van der Waals surface area contributed by atoms with Crippen LogP contribution in [0.15, 0.2) is 41.4 Å². The molecule has 194 valence electrons. The number of carbonyl (C=O) groups is 2. The van der Waals surface area contributed by atoms with Crippen molar-refractivity contribution in [1.82, 2.24) is 19.8 Å². The number of imidazole rings is 1. The zero-order valence-electron chi connectivity index (χ0n) is 21.6. The zero-order chi connectivity index (χ0) is 26.7. The zero-order valence-corrected chi connectivity index (χ0v) is 21.6. The van der Waals surface area contributed by atoms with Crippen LogP contribution in [0.25, 0.3) is 0 Å². The van der Waals surface area contributed by atoms with E-state index in [4.69, 9.17) is 23.9 Å². The van der Waals surface area contributed by atoms with Crippen molar-refractivity contribution in [3.8, 4) is 23.0 Å². The number of aromatic nitrogens is 2. The van der Waals surface area contributed by atoms with Crippen molar-refractivity contribution in [2.24, 2.45) is 12.0 Å². The van der Waals surface area contributed by atoms with Gasteiger partial charge in [0.15, 0.2) is 11.5 Å². The largest absolute Gasteiger partial charge is 0.497 e. The number of aliphatic imine (C=N–C) groups is 1. The molecule has 0 bridgehead atoms. The normalized spacial score (nSPS) is 14.2. The summed E-state index contributed by atoms with van der Waals surface area (Å²) in [5, 5.41) is 2.49. The number of amidine groups is 1. The molecule has 37 heavy (non-hydrogen) atoms. The molecule has 1 aliphatic rings. The van der Waals surface area contributed by atoms with Gasteiger partial charge in [-0.2, -0.15) is 4.99 Å². The van der Waals surface area contributed by atoms with Crippen LogP contribution in [0.3, 0.4) is 0 Å². The molecule has 0 aliphatic carbocycles. The summed E-state index contributed by atoms with van der Waals surface area (Å²) in [5.74, 6) is 2.04. The van der Waals surface area contributed by atoms with Crippen molar-refractivity contribution in [2.75, 3.05) is 35.5 Å². The number of urea groups is 1. The first-order valence-electron chi connectivity index (χ1n) is 11.4. The van der Waals surface area contributed by atoms with Crippen LogP contribution in [0.2, 0.25) is 0 Å². The van der Waals surface area contributed by atoms with Crippen molar-refractivity contribution in [3.63, 3.8) is 0 Å². The quantitative estimate of drug-likeness (QED) is 0.443. The average Bonchev–Trinajstić information content (AvgIpc) is 3.33. The lowest BCUT2D eigenvalue weighted by atomic mass is 10.0. The van der Waals surface area contributed by atoms with E-state index in [0.717, 1.165) is 33.2 Å². The van der Waals surface area contributed by atoms with Gasteiger partial charge in [-0.1, -0.05) is 18.2 Å². The molecular weight excluding hydrogens is 478 g/mol. The Labute approximate surface area is 214 Å². The molecule has 0 saturated carbocycles. The molecule has 1 saturated heterocycles. The van der Waals surface area contributed by atoms with Gasteiger partial charge in [-0.25, -0.2) is 9.78 Å². The maximum atomic E-state index is 12.4. The van der Waals surface area contributed by atoms with Gasteiger partial charge < -0.3 is 23.5 Å². The van der Waals surface area contributed by atoms with Gasteiger partial charge in [0, 0.05) is 38.2 Å². The summed E-state index contributed by atoms with van der Waals surface area (Å²) in [6, 6.07) is 10.9. The number of nitrogens with zero attached hydrogens (tertiary/aromatic N) is 4. The third-order valence-electron chi connectivity index (χ3n) is 6.20. The van der Waals surface area contributed by atoms with E-state index < -0.39 is 11.9 Å². The standard InChI is InChI=1S/C26H29N5O6/c1-30-19(14-16-9-12-20(35-4)22(37-6)21(16)36-5)18(13-15-7-10-17(34-3)11-8-15)27-25(30)28-23-24(32)31(2)26(33)29-23/h7-12H,13-14H2,1-6H3,(H,27,28,29,33). The second kappa shape index (κ2) is 10.6. The Morgan fingerprint density at radius 2 is 1.57 bits per heavy atom. The predicted octanol–water partition coefficient (Wildman–Crippen LogP) is 2.85. The summed E-state index contributed by atoms with van der Waals surface area (Å²) in [6.45, 7) is 0. The van der Waals surface area contributed by atoms with Crippen molar-refractivity contribution in [1.29, 1.82) is 0 Å². The number of hydrogen-bond acceptors (Lipinski definition) is 8. The average molecular weight is 508 g/mol. The van der Waals surface area contributed by atoms with Gasteiger partial charge >= 0.3 is 6.03 Å². The van der Waals surface area contributed by atoms with E-state index >= 15 is 0 Å². The van der Waals surface area contributed by atoms with E-state index in [9.17, 15) is 9.59 Å². The van der Waals surface area contributed by atoms with Crippen molar-refractivity contribution in [2.45, 2.75) is 12.8 Å². The van der Waals surface area contributed by atoms with Crippen molar-refractivity contribution in [3.05, 3.63) is 58.9 Å². The summed E-state index contributed by atoms with van der Waals surface area (Å²) in [4.78, 5) is 34.4. The molecular formula is C26H29N5O6. The van der Waals surface area contributed by atoms with E-state index in [1.807, 2.05) is 43.4 Å². The monoisotopic (exact) mass is 507 g/mol. The van der Waals surface area contributed by atoms with E-state index in [2.05, 4.69) is 10.3 Å². The summed E-state index contributed by atoms with van der Waals surface area (Å²) in [6.07, 6.45) is 0.942. The fourth-order valence-electron chi connectivity index (χ4n) is 4.12. The second-order valence-electron chi connectivity index (χ2n) is 8.31. The smallest absolute Gasteiger partial charge is 0.329 e. The molecule has 0 unspecified atom stereocenters. The minimum atomic E-state index is -0.535. The number of ether oxygens (including phenoxy) is 4. The third-order valence-corrected chi connectivity index (χ3v) is 6.20. The highest BCUT2D eigenvalue weighted by Gasteiger charge is 2.32. The number of benzene rings is 2. The van der Waals surface area contributed by atoms with E-state index in [-0.39, 0.29) is 11.8 Å². The maximum Gasteiger partial charge on any atom is 0.329 e. The van der Waals surface area contributed by atoms with Gasteiger partial charge in [0.2, 0.25) is 17.5 Å². The van der Waals surface area contributed by atoms with Crippen LogP contribution < -0.4 is 24.3 Å². The Morgan fingerprint density at radius 1 is 0.865 bits per heavy atom. The molecule has 0 spiro atoms. The fourth-order valence-corrected chi connectivity index (χ4v) is 4.12. The summed E-state index contributed by atoms with van der Waals surface area (Å²) >= 11 is 0. The first-order chi connectivity index (χ1) is 17.8. The van der Waals surface area contributed by atoms with Crippen LogP contribution in [0.4, 0.5) is 10.7 Å². The molecule has 1 fully saturated rings. The molecule has 0 atom stereocenters. The molecule has 3 amide bonds. The third kappa shape index (κ3) is 4.92. The second-order valence-corrected chi connectivity index (χ2v) is 8.31. The highest BCUT2D eigenvalue weighted by molar-refractivity contribution is 6.47. The lowest BCUT2D eigenvalue weighted by molar-refractivity contribution is -0.119. The van der Waals surface area contributed by atoms with Gasteiger partial charge in [-0.05, 0) is 23.8 Å². The van der Waals surface area contributed by atoms with Crippen LogP contribution >= 0.6 is 0 Å². The topological polar surface area (TPSA) is 117 Å². The molecule has 1 aliphatic heterocycles. The molecule has 0 radical (unpaired) electrons. The Bertz CT molecular complexity index is 1360. The van der Waals surface area contributed by atoms with E-state index in [1.54, 1.807) is 33.0 Å². The number of nitrogens with one attached hydrogen (secondary N) is 1. The van der Waals surface area contributed by atoms with E-state index in [0.29, 0.717) is 30.1 Å². The van der Waals surface area contributed by atoms with Gasteiger partial charge in [-0.15, -0.1) is 0 Å². The van der Waals surface area contributed by atoms with Gasteiger partial charge in [0.25, 0.3) is 5.91 Å². The highest BCUT2D eigenvalue weighted by atomic mass is 16.5. The molecule has 2 aromatic carbocycles. The molecule has 11 nitrogen and oxygen atoms in total. The Kier molecular flexibility index (Phi) is 7.32. The SMILES string of the molecule is COc1ccc(Cc2nc(/N=C3/NC(=O)N(C)C3=O)n(C)c2Cc2ccc(OC)c(OC)c2OC)cc1. The van der Waals surface area contributed by atoms with Crippen LogP contribution in [0.1, 0.15) is 22.5 Å². The number of methoxy groups -OCH3 is 4. The summed E-state index contributed by atoms with van der Waals surface area (Å²) < 4.78 is 23.7. The number of amides is 3. The number of imide groups is 1. The molecule has 1 aromatic heterocycles. The number of likely N-dealkylation sites (N-methyl/N-ethyl adjacent to an activating group) is 1. The minimum Gasteiger partial charge on any atom is -0.497 e. The lowest BCUT2D eigenvalue weighted by Gasteiger charge is -2.16. The summed E-state index contributed by atoms with van der Waals surface area (Å²) in [7, 11) is 9.53. The number of hydrogen-bond donors (Lipinski definition) is 1. The Balaban J connectivity index is 1.79. The summed E-state index contributed by atoms with van der Waals surface area (Å²) in [5.41, 5.74) is 3.48. The van der Waals surface area contributed by atoms with Gasteiger partial charge in [-0.3, -0.25) is 15.0 Å². The first-order valence-corrected chi connectivity index (χ1v) is 11.4. The van der Waals surface area contributed by atoms with Gasteiger partial charge in [0.05, 0.1) is 34.1 Å². The van der Waals surface area contributed by atoms with Crippen LogP contribution in [0, 0.1) is 0 Å². The van der Waals surface area contributed by atoms with Crippen LogP contribution in [-0.4, -0.2) is 67.7 Å². The molecule has 3 aromatic rings.